The molecule has 2 aromatic rings. The molecule has 7 heteroatoms. The first-order valence-electron chi connectivity index (χ1n) is 8.19. The van der Waals surface area contributed by atoms with Crippen LogP contribution in [0.5, 0.6) is 5.75 Å². The molecule has 1 aromatic carbocycles. The number of amides is 1. The third-order valence-corrected chi connectivity index (χ3v) is 3.91. The van der Waals surface area contributed by atoms with Crippen LogP contribution in [0.4, 0.5) is 11.6 Å². The molecule has 2 heterocycles. The largest absolute Gasteiger partial charge is 0.497 e. The van der Waals surface area contributed by atoms with Gasteiger partial charge in [-0.05, 0) is 18.2 Å². The summed E-state index contributed by atoms with van der Waals surface area (Å²) < 4.78 is 16.2. The minimum absolute atomic E-state index is 0.0457. The zero-order valence-electron chi connectivity index (χ0n) is 14.4. The maximum Gasteiger partial charge on any atom is 0.266 e. The Bertz CT molecular complexity index is 844. The molecule has 1 aliphatic heterocycles. The fourth-order valence-electron chi connectivity index (χ4n) is 2.56. The Morgan fingerprint density at radius 3 is 2.85 bits per heavy atom. The van der Waals surface area contributed by atoms with Gasteiger partial charge in [-0.25, -0.2) is 0 Å². The molecule has 0 unspecified atom stereocenters. The second-order valence-corrected chi connectivity index (χ2v) is 5.63. The Morgan fingerprint density at radius 1 is 1.31 bits per heavy atom. The maximum atomic E-state index is 12.3. The quantitative estimate of drug-likeness (QED) is 0.657. The van der Waals surface area contributed by atoms with E-state index in [1.165, 1.54) is 6.08 Å². The molecule has 26 heavy (non-hydrogen) atoms. The van der Waals surface area contributed by atoms with Crippen LogP contribution >= 0.6 is 0 Å². The van der Waals surface area contributed by atoms with Crippen LogP contribution in [0.25, 0.3) is 6.08 Å². The molecular formula is C19H19N3O4. The summed E-state index contributed by atoms with van der Waals surface area (Å²) in [5.74, 6) is 1.26. The number of morpholine rings is 1. The minimum Gasteiger partial charge on any atom is -0.497 e. The Balaban J connectivity index is 1.72. The van der Waals surface area contributed by atoms with Crippen molar-refractivity contribution < 1.29 is 18.7 Å². The maximum absolute atomic E-state index is 12.3. The second kappa shape index (κ2) is 8.23. The highest BCUT2D eigenvalue weighted by Gasteiger charge is 2.15. The van der Waals surface area contributed by atoms with Crippen LogP contribution in [-0.4, -0.2) is 39.3 Å². The van der Waals surface area contributed by atoms with Crippen molar-refractivity contribution in [2.45, 2.75) is 0 Å². The predicted octanol–water partition coefficient (Wildman–Crippen LogP) is 2.67. The highest BCUT2D eigenvalue weighted by atomic mass is 16.5. The molecule has 0 aliphatic carbocycles. The van der Waals surface area contributed by atoms with Crippen molar-refractivity contribution >= 4 is 23.6 Å². The van der Waals surface area contributed by atoms with E-state index in [0.717, 1.165) is 13.1 Å². The van der Waals surface area contributed by atoms with E-state index in [1.54, 1.807) is 37.4 Å². The number of rotatable bonds is 5. The van der Waals surface area contributed by atoms with Gasteiger partial charge in [0, 0.05) is 37.0 Å². The van der Waals surface area contributed by atoms with E-state index in [2.05, 4.69) is 10.2 Å². The number of hydrogen-bond donors (Lipinski definition) is 1. The predicted molar refractivity (Wildman–Crippen MR) is 97.0 cm³/mol. The van der Waals surface area contributed by atoms with Gasteiger partial charge in [0.2, 0.25) is 0 Å². The van der Waals surface area contributed by atoms with E-state index in [9.17, 15) is 10.1 Å². The van der Waals surface area contributed by atoms with E-state index >= 15 is 0 Å². The second-order valence-electron chi connectivity index (χ2n) is 5.63. The number of anilines is 2. The molecule has 0 atom stereocenters. The molecule has 1 aliphatic rings. The lowest BCUT2D eigenvalue weighted by atomic mass is 10.2. The number of hydrogen-bond acceptors (Lipinski definition) is 6. The minimum atomic E-state index is -0.509. The highest BCUT2D eigenvalue weighted by molar-refractivity contribution is 6.09. The first-order valence-corrected chi connectivity index (χ1v) is 8.19. The van der Waals surface area contributed by atoms with Crippen molar-refractivity contribution in [3.05, 3.63) is 47.7 Å². The van der Waals surface area contributed by atoms with Gasteiger partial charge < -0.3 is 24.1 Å². The fraction of sp³-hybridized carbons (Fsp3) is 0.263. The molecule has 1 amide bonds. The number of carbonyl (C=O) groups is 1. The van der Waals surface area contributed by atoms with Gasteiger partial charge in [0.25, 0.3) is 5.91 Å². The summed E-state index contributed by atoms with van der Waals surface area (Å²) in [6.45, 7) is 2.80. The van der Waals surface area contributed by atoms with Crippen molar-refractivity contribution in [2.75, 3.05) is 43.6 Å². The van der Waals surface area contributed by atoms with Crippen molar-refractivity contribution in [1.82, 2.24) is 0 Å². The van der Waals surface area contributed by atoms with Gasteiger partial charge in [-0.2, -0.15) is 5.26 Å². The van der Waals surface area contributed by atoms with Crippen molar-refractivity contribution in [1.29, 1.82) is 5.26 Å². The van der Waals surface area contributed by atoms with Gasteiger partial charge in [0.15, 0.2) is 5.88 Å². The average molecular weight is 353 g/mol. The number of nitrogens with one attached hydrogen (secondary N) is 1. The Labute approximate surface area is 151 Å². The SMILES string of the molecule is COc1cccc(NC(=O)/C(C#N)=C\c2ccc(N3CCOCC3)o2)c1. The average Bonchev–Trinajstić information content (AvgIpc) is 3.15. The van der Waals surface area contributed by atoms with Crippen LogP contribution in [0.15, 0.2) is 46.4 Å². The van der Waals surface area contributed by atoms with E-state index in [0.29, 0.717) is 36.3 Å². The molecule has 134 valence electrons. The van der Waals surface area contributed by atoms with Crippen molar-refractivity contribution in [3.63, 3.8) is 0 Å². The van der Waals surface area contributed by atoms with Crippen LogP contribution < -0.4 is 15.0 Å². The Morgan fingerprint density at radius 2 is 2.12 bits per heavy atom. The topological polar surface area (TPSA) is 87.7 Å². The molecular weight excluding hydrogens is 334 g/mol. The van der Waals surface area contributed by atoms with Crippen LogP contribution in [0.2, 0.25) is 0 Å². The number of furan rings is 1. The number of nitrogens with zero attached hydrogens (tertiary/aromatic N) is 2. The van der Waals surface area contributed by atoms with E-state index in [-0.39, 0.29) is 5.57 Å². The van der Waals surface area contributed by atoms with Gasteiger partial charge in [-0.1, -0.05) is 6.07 Å². The molecule has 7 nitrogen and oxygen atoms in total. The summed E-state index contributed by atoms with van der Waals surface area (Å²) in [6.07, 6.45) is 1.43. The summed E-state index contributed by atoms with van der Waals surface area (Å²) in [5, 5.41) is 12.0. The monoisotopic (exact) mass is 353 g/mol. The van der Waals surface area contributed by atoms with Crippen LogP contribution in [0, 0.1) is 11.3 Å². The normalized spacial score (nSPS) is 14.6. The molecule has 0 bridgehead atoms. The Kier molecular flexibility index (Phi) is 5.56. The summed E-state index contributed by atoms with van der Waals surface area (Å²) in [5.41, 5.74) is 0.500. The molecule has 1 aromatic heterocycles. The number of ether oxygens (including phenoxy) is 2. The lowest BCUT2D eigenvalue weighted by Gasteiger charge is -2.26. The molecule has 1 N–H and O–H groups in total. The smallest absolute Gasteiger partial charge is 0.266 e. The van der Waals surface area contributed by atoms with E-state index in [4.69, 9.17) is 13.9 Å². The van der Waals surface area contributed by atoms with Gasteiger partial charge in [0.05, 0.1) is 20.3 Å². The van der Waals surface area contributed by atoms with Gasteiger partial charge >= 0.3 is 0 Å². The first-order chi connectivity index (χ1) is 12.7. The molecule has 0 spiro atoms. The van der Waals surface area contributed by atoms with Crippen LogP contribution in [0.1, 0.15) is 5.76 Å². The molecule has 0 saturated carbocycles. The lowest BCUT2D eigenvalue weighted by molar-refractivity contribution is -0.112. The summed E-state index contributed by atoms with van der Waals surface area (Å²) >= 11 is 0. The third kappa shape index (κ3) is 4.23. The van der Waals surface area contributed by atoms with Crippen molar-refractivity contribution in [2.24, 2.45) is 0 Å². The standard InChI is InChI=1S/C19H19N3O4/c1-24-16-4-2-3-15(12-16)21-19(23)14(13-20)11-17-5-6-18(26-17)22-7-9-25-10-8-22/h2-6,11-12H,7-10H2,1H3,(H,21,23)/b14-11-. The first kappa shape index (κ1) is 17.6. The van der Waals surface area contributed by atoms with Gasteiger partial charge in [-0.3, -0.25) is 4.79 Å². The summed E-state index contributed by atoms with van der Waals surface area (Å²) in [4.78, 5) is 14.4. The highest BCUT2D eigenvalue weighted by Crippen LogP contribution is 2.22. The zero-order valence-corrected chi connectivity index (χ0v) is 14.4. The van der Waals surface area contributed by atoms with Gasteiger partial charge in [-0.15, -0.1) is 0 Å². The summed E-state index contributed by atoms with van der Waals surface area (Å²) in [6, 6.07) is 12.4. The molecule has 1 fully saturated rings. The zero-order chi connectivity index (χ0) is 18.4. The third-order valence-electron chi connectivity index (χ3n) is 3.91. The Hall–Kier alpha value is -3.24. The number of benzene rings is 1. The van der Waals surface area contributed by atoms with E-state index < -0.39 is 5.91 Å². The number of nitriles is 1. The number of carbonyl (C=O) groups excluding carboxylic acids is 1. The molecule has 3 rings (SSSR count). The van der Waals surface area contributed by atoms with Gasteiger partial charge in [0.1, 0.15) is 23.2 Å². The molecule has 1 saturated heterocycles. The summed E-state index contributed by atoms with van der Waals surface area (Å²) in [7, 11) is 1.55. The number of methoxy groups -OCH3 is 1. The molecule has 0 radical (unpaired) electrons. The van der Waals surface area contributed by atoms with Crippen molar-refractivity contribution in [3.8, 4) is 11.8 Å². The van der Waals surface area contributed by atoms with E-state index in [1.807, 2.05) is 12.1 Å². The van der Waals surface area contributed by atoms with Crippen LogP contribution in [-0.2, 0) is 9.53 Å². The van der Waals surface area contributed by atoms with Crippen LogP contribution in [0.3, 0.4) is 0 Å². The lowest BCUT2D eigenvalue weighted by Crippen LogP contribution is -2.35. The fourth-order valence-corrected chi connectivity index (χ4v) is 2.56.